The molecular weight excluding hydrogens is 382 g/mol. The maximum absolute atomic E-state index is 13.0. The molecule has 2 amide bonds. The standard InChI is InChI=1S/C20H29N3O4.ClH/c1-20(2)12-22(6-5-17(20)21)19(25)13-7-18(24)23(11-13)14-8-15(26-3)10-16(9-14)27-4;/h8-10,13,17H,5-7,11-12,21H2,1-4H3;1H. The Hall–Kier alpha value is -1.99. The van der Waals surface area contributed by atoms with Crippen molar-refractivity contribution in [1.29, 1.82) is 0 Å². The molecule has 2 N–H and O–H groups in total. The summed E-state index contributed by atoms with van der Waals surface area (Å²) in [4.78, 5) is 29.1. The van der Waals surface area contributed by atoms with Gasteiger partial charge in [0.25, 0.3) is 0 Å². The number of ether oxygens (including phenoxy) is 2. The number of nitrogens with zero attached hydrogens (tertiary/aromatic N) is 2. The molecular formula is C20H30ClN3O4. The summed E-state index contributed by atoms with van der Waals surface area (Å²) in [6.07, 6.45) is 1.01. The van der Waals surface area contributed by atoms with Crippen LogP contribution >= 0.6 is 12.4 Å². The Balaban J connectivity index is 0.00000280. The molecule has 0 spiro atoms. The average Bonchev–Trinajstić information content (AvgIpc) is 3.04. The molecule has 8 heteroatoms. The van der Waals surface area contributed by atoms with E-state index in [2.05, 4.69) is 13.8 Å². The maximum atomic E-state index is 13.0. The van der Waals surface area contributed by atoms with Gasteiger partial charge in [0.1, 0.15) is 11.5 Å². The van der Waals surface area contributed by atoms with Gasteiger partial charge in [0.2, 0.25) is 11.8 Å². The van der Waals surface area contributed by atoms with E-state index in [0.717, 1.165) is 6.42 Å². The molecule has 0 saturated carbocycles. The lowest BCUT2D eigenvalue weighted by atomic mass is 9.79. The minimum atomic E-state index is -0.333. The van der Waals surface area contributed by atoms with Crippen LogP contribution < -0.4 is 20.1 Å². The van der Waals surface area contributed by atoms with Crippen molar-refractivity contribution in [2.45, 2.75) is 32.7 Å². The van der Waals surface area contributed by atoms with Crippen LogP contribution in [0.25, 0.3) is 0 Å². The molecule has 2 aliphatic heterocycles. The molecule has 0 bridgehead atoms. The van der Waals surface area contributed by atoms with Crippen LogP contribution in [0.1, 0.15) is 26.7 Å². The minimum Gasteiger partial charge on any atom is -0.497 e. The number of halogens is 1. The molecule has 3 rings (SSSR count). The molecule has 0 aromatic heterocycles. The average molecular weight is 412 g/mol. The van der Waals surface area contributed by atoms with Crippen LogP contribution in [-0.2, 0) is 9.59 Å². The smallest absolute Gasteiger partial charge is 0.228 e. The summed E-state index contributed by atoms with van der Waals surface area (Å²) in [5.41, 5.74) is 6.75. The van der Waals surface area contributed by atoms with Gasteiger partial charge in [0.15, 0.2) is 0 Å². The lowest BCUT2D eigenvalue weighted by molar-refractivity contribution is -0.139. The molecule has 1 aromatic rings. The van der Waals surface area contributed by atoms with Crippen molar-refractivity contribution in [3.05, 3.63) is 18.2 Å². The molecule has 7 nitrogen and oxygen atoms in total. The fourth-order valence-electron chi connectivity index (χ4n) is 3.89. The summed E-state index contributed by atoms with van der Waals surface area (Å²) in [6, 6.07) is 5.42. The van der Waals surface area contributed by atoms with Crippen LogP contribution in [0.4, 0.5) is 5.69 Å². The first-order valence-electron chi connectivity index (χ1n) is 9.33. The second-order valence-electron chi connectivity index (χ2n) is 8.12. The quantitative estimate of drug-likeness (QED) is 0.819. The summed E-state index contributed by atoms with van der Waals surface area (Å²) < 4.78 is 10.6. The van der Waals surface area contributed by atoms with Crippen LogP contribution in [0.5, 0.6) is 11.5 Å². The lowest BCUT2D eigenvalue weighted by Crippen LogP contribution is -2.55. The van der Waals surface area contributed by atoms with E-state index in [-0.39, 0.29) is 48.0 Å². The third kappa shape index (κ3) is 4.36. The topological polar surface area (TPSA) is 85.1 Å². The van der Waals surface area contributed by atoms with Crippen molar-refractivity contribution in [3.8, 4) is 11.5 Å². The van der Waals surface area contributed by atoms with Crippen molar-refractivity contribution in [2.75, 3.05) is 38.8 Å². The molecule has 2 heterocycles. The second kappa shape index (κ2) is 8.57. The van der Waals surface area contributed by atoms with Gasteiger partial charge in [-0.1, -0.05) is 13.8 Å². The Bertz CT molecular complexity index is 718. The summed E-state index contributed by atoms with van der Waals surface area (Å²) in [7, 11) is 3.14. The van der Waals surface area contributed by atoms with E-state index in [1.54, 1.807) is 37.3 Å². The molecule has 156 valence electrons. The lowest BCUT2D eigenvalue weighted by Gasteiger charge is -2.43. The van der Waals surface area contributed by atoms with Gasteiger partial charge in [-0.2, -0.15) is 0 Å². The van der Waals surface area contributed by atoms with Crippen molar-refractivity contribution < 1.29 is 19.1 Å². The zero-order valence-corrected chi connectivity index (χ0v) is 17.8. The van der Waals surface area contributed by atoms with Crippen LogP contribution in [-0.4, -0.2) is 56.6 Å². The highest BCUT2D eigenvalue weighted by Gasteiger charge is 2.41. The molecule has 2 aliphatic rings. The second-order valence-corrected chi connectivity index (χ2v) is 8.12. The van der Waals surface area contributed by atoms with Crippen LogP contribution in [0.3, 0.4) is 0 Å². The third-order valence-corrected chi connectivity index (χ3v) is 5.75. The highest BCUT2D eigenvalue weighted by Crippen LogP contribution is 2.34. The van der Waals surface area contributed by atoms with Gasteiger partial charge in [-0.15, -0.1) is 12.4 Å². The largest absolute Gasteiger partial charge is 0.497 e. The molecule has 2 fully saturated rings. The van der Waals surface area contributed by atoms with E-state index in [1.165, 1.54) is 0 Å². The number of likely N-dealkylation sites (tertiary alicyclic amines) is 1. The van der Waals surface area contributed by atoms with E-state index >= 15 is 0 Å². The van der Waals surface area contributed by atoms with Crippen LogP contribution in [0.15, 0.2) is 18.2 Å². The Morgan fingerprint density at radius 1 is 1.18 bits per heavy atom. The van der Waals surface area contributed by atoms with Gasteiger partial charge in [0.05, 0.1) is 25.8 Å². The Kier molecular flexibility index (Phi) is 6.83. The number of hydrogen-bond acceptors (Lipinski definition) is 5. The van der Waals surface area contributed by atoms with Gasteiger partial charge in [-0.05, 0) is 11.8 Å². The SMILES string of the molecule is COc1cc(OC)cc(N2CC(C(=O)N3CCC(N)C(C)(C)C3)CC2=O)c1.Cl. The van der Waals surface area contributed by atoms with Crippen molar-refractivity contribution >= 4 is 29.9 Å². The number of piperidine rings is 1. The molecule has 0 radical (unpaired) electrons. The number of carbonyl (C=O) groups excluding carboxylic acids is 2. The highest BCUT2D eigenvalue weighted by molar-refractivity contribution is 6.00. The van der Waals surface area contributed by atoms with Gasteiger partial charge in [-0.3, -0.25) is 9.59 Å². The monoisotopic (exact) mass is 411 g/mol. The van der Waals surface area contributed by atoms with Crippen LogP contribution in [0.2, 0.25) is 0 Å². The Labute approximate surface area is 172 Å². The number of carbonyl (C=O) groups is 2. The Morgan fingerprint density at radius 2 is 1.79 bits per heavy atom. The maximum Gasteiger partial charge on any atom is 0.228 e. The number of hydrogen-bond donors (Lipinski definition) is 1. The zero-order chi connectivity index (χ0) is 19.8. The number of rotatable bonds is 4. The summed E-state index contributed by atoms with van der Waals surface area (Å²) in [5, 5.41) is 0. The van der Waals surface area contributed by atoms with Crippen molar-refractivity contribution in [1.82, 2.24) is 4.90 Å². The predicted molar refractivity (Wildman–Crippen MR) is 110 cm³/mol. The summed E-state index contributed by atoms with van der Waals surface area (Å²) in [6.45, 7) is 5.83. The first-order valence-corrected chi connectivity index (χ1v) is 9.33. The fourth-order valence-corrected chi connectivity index (χ4v) is 3.89. The minimum absolute atomic E-state index is 0. The molecule has 28 heavy (non-hydrogen) atoms. The molecule has 2 unspecified atom stereocenters. The Morgan fingerprint density at radius 3 is 2.32 bits per heavy atom. The number of amides is 2. The van der Waals surface area contributed by atoms with E-state index in [9.17, 15) is 9.59 Å². The van der Waals surface area contributed by atoms with E-state index in [4.69, 9.17) is 15.2 Å². The molecule has 2 saturated heterocycles. The van der Waals surface area contributed by atoms with E-state index < -0.39 is 0 Å². The normalized spacial score (nSPS) is 24.0. The molecule has 2 atom stereocenters. The van der Waals surface area contributed by atoms with Gasteiger partial charge in [-0.25, -0.2) is 0 Å². The van der Waals surface area contributed by atoms with Crippen molar-refractivity contribution in [3.63, 3.8) is 0 Å². The summed E-state index contributed by atoms with van der Waals surface area (Å²) in [5.74, 6) is 0.870. The molecule has 1 aromatic carbocycles. The molecule has 0 aliphatic carbocycles. The van der Waals surface area contributed by atoms with Crippen LogP contribution in [0, 0.1) is 11.3 Å². The number of anilines is 1. The highest BCUT2D eigenvalue weighted by atomic mass is 35.5. The van der Waals surface area contributed by atoms with Gasteiger partial charge >= 0.3 is 0 Å². The number of nitrogens with two attached hydrogens (primary N) is 1. The predicted octanol–water partition coefficient (Wildman–Crippen LogP) is 2.06. The number of methoxy groups -OCH3 is 2. The number of benzene rings is 1. The fraction of sp³-hybridized carbons (Fsp3) is 0.600. The van der Waals surface area contributed by atoms with E-state index in [1.807, 2.05) is 4.90 Å². The first kappa shape index (κ1) is 22.3. The van der Waals surface area contributed by atoms with Gasteiger partial charge < -0.3 is 25.0 Å². The summed E-state index contributed by atoms with van der Waals surface area (Å²) >= 11 is 0. The van der Waals surface area contributed by atoms with E-state index in [0.29, 0.717) is 36.8 Å². The first-order chi connectivity index (χ1) is 12.7. The van der Waals surface area contributed by atoms with Crippen molar-refractivity contribution in [2.24, 2.45) is 17.1 Å². The zero-order valence-electron chi connectivity index (χ0n) is 16.9. The third-order valence-electron chi connectivity index (χ3n) is 5.75. The van der Waals surface area contributed by atoms with Gasteiger partial charge in [0, 0.05) is 50.3 Å².